The topological polar surface area (TPSA) is 50.8 Å². The van der Waals surface area contributed by atoms with E-state index in [9.17, 15) is 5.26 Å². The maximum absolute atomic E-state index is 9.58. The van der Waals surface area contributed by atoms with Crippen molar-refractivity contribution in [2.75, 3.05) is 6.61 Å². The molecule has 0 spiro atoms. The average Bonchev–Trinajstić information content (AvgIpc) is 2.84. The number of rotatable bonds is 2. The molecular weight excluding hydrogens is 238 g/mol. The molecule has 2 aromatic rings. The molecule has 96 valence electrons. The van der Waals surface area contributed by atoms with Gasteiger partial charge in [0, 0.05) is 13.2 Å². The first-order valence-corrected chi connectivity index (χ1v) is 6.30. The first-order valence-electron chi connectivity index (χ1n) is 6.30. The van der Waals surface area contributed by atoms with Gasteiger partial charge in [0.05, 0.1) is 17.7 Å². The lowest BCUT2D eigenvalue weighted by Crippen LogP contribution is -2.35. The zero-order valence-electron chi connectivity index (χ0n) is 10.8. The second-order valence-corrected chi connectivity index (χ2v) is 5.16. The van der Waals surface area contributed by atoms with Crippen LogP contribution in [0, 0.1) is 16.7 Å². The van der Waals surface area contributed by atoms with E-state index in [2.05, 4.69) is 11.2 Å². The van der Waals surface area contributed by atoms with Gasteiger partial charge in [0.25, 0.3) is 0 Å². The molecular formula is C15H15N3O. The summed E-state index contributed by atoms with van der Waals surface area (Å²) in [4.78, 5) is 0. The molecule has 0 bridgehead atoms. The summed E-state index contributed by atoms with van der Waals surface area (Å²) < 4.78 is 7.52. The van der Waals surface area contributed by atoms with Crippen LogP contribution in [0.25, 0.3) is 0 Å². The third-order valence-corrected chi connectivity index (χ3v) is 3.54. The molecule has 1 aromatic heterocycles. The Morgan fingerprint density at radius 1 is 1.47 bits per heavy atom. The maximum Gasteiger partial charge on any atom is 0.122 e. The summed E-state index contributed by atoms with van der Waals surface area (Å²) in [6, 6.07) is 10.4. The quantitative estimate of drug-likeness (QED) is 0.823. The molecule has 0 amide bonds. The normalized spacial score (nSPS) is 21.3. The van der Waals surface area contributed by atoms with Crippen LogP contribution in [0.5, 0.6) is 5.75 Å². The zero-order valence-corrected chi connectivity index (χ0v) is 10.8. The van der Waals surface area contributed by atoms with E-state index in [1.54, 1.807) is 4.68 Å². The van der Waals surface area contributed by atoms with E-state index in [1.165, 1.54) is 0 Å². The minimum absolute atomic E-state index is 0.440. The van der Waals surface area contributed by atoms with E-state index in [1.807, 2.05) is 43.7 Å². The van der Waals surface area contributed by atoms with Crippen LogP contribution >= 0.6 is 0 Å². The van der Waals surface area contributed by atoms with Gasteiger partial charge in [0.1, 0.15) is 12.4 Å². The summed E-state index contributed by atoms with van der Waals surface area (Å²) in [6.07, 6.45) is 5.18. The van der Waals surface area contributed by atoms with Crippen molar-refractivity contribution in [1.82, 2.24) is 9.78 Å². The van der Waals surface area contributed by atoms with E-state index in [0.29, 0.717) is 13.0 Å². The molecule has 0 radical (unpaired) electrons. The highest BCUT2D eigenvalue weighted by molar-refractivity contribution is 5.38. The van der Waals surface area contributed by atoms with Crippen LogP contribution in [0.15, 0.2) is 36.7 Å². The van der Waals surface area contributed by atoms with Crippen molar-refractivity contribution in [2.24, 2.45) is 12.5 Å². The first kappa shape index (κ1) is 11.8. The van der Waals surface area contributed by atoms with Crippen LogP contribution < -0.4 is 4.74 Å². The molecule has 3 rings (SSSR count). The Hall–Kier alpha value is -2.28. The monoisotopic (exact) mass is 253 g/mol. The van der Waals surface area contributed by atoms with Gasteiger partial charge in [-0.25, -0.2) is 0 Å². The van der Waals surface area contributed by atoms with Crippen LogP contribution in [0.1, 0.15) is 11.1 Å². The summed E-state index contributed by atoms with van der Waals surface area (Å²) in [7, 11) is 1.88. The van der Waals surface area contributed by atoms with Gasteiger partial charge in [-0.2, -0.15) is 10.4 Å². The third-order valence-electron chi connectivity index (χ3n) is 3.54. The van der Waals surface area contributed by atoms with Crippen molar-refractivity contribution in [1.29, 1.82) is 5.26 Å². The Morgan fingerprint density at radius 2 is 2.32 bits per heavy atom. The fraction of sp³-hybridized carbons (Fsp3) is 0.333. The fourth-order valence-electron chi connectivity index (χ4n) is 2.60. The largest absolute Gasteiger partial charge is 0.492 e. The number of aryl methyl sites for hydroxylation is 1. The lowest BCUT2D eigenvalue weighted by molar-refractivity contribution is 0.169. The molecule has 0 saturated heterocycles. The number of hydrogen-bond acceptors (Lipinski definition) is 3. The molecule has 0 fully saturated rings. The average molecular weight is 253 g/mol. The summed E-state index contributed by atoms with van der Waals surface area (Å²) >= 11 is 0. The summed E-state index contributed by atoms with van der Waals surface area (Å²) in [5, 5.41) is 13.7. The molecule has 4 heteroatoms. The molecule has 1 aromatic carbocycles. The molecule has 0 saturated carbocycles. The molecule has 1 aliphatic rings. The second kappa shape index (κ2) is 4.43. The van der Waals surface area contributed by atoms with Gasteiger partial charge in [-0.1, -0.05) is 18.2 Å². The van der Waals surface area contributed by atoms with Gasteiger partial charge in [-0.3, -0.25) is 4.68 Å². The second-order valence-electron chi connectivity index (χ2n) is 5.16. The Kier molecular flexibility index (Phi) is 2.75. The predicted octanol–water partition coefficient (Wildman–Crippen LogP) is 2.11. The number of ether oxygens (including phenoxy) is 1. The van der Waals surface area contributed by atoms with Gasteiger partial charge in [-0.15, -0.1) is 0 Å². The fourth-order valence-corrected chi connectivity index (χ4v) is 2.60. The summed E-state index contributed by atoms with van der Waals surface area (Å²) in [5.41, 5.74) is 1.70. The molecule has 19 heavy (non-hydrogen) atoms. The Morgan fingerprint density at radius 3 is 3.05 bits per heavy atom. The van der Waals surface area contributed by atoms with Crippen molar-refractivity contribution in [3.8, 4) is 11.8 Å². The number of nitrogens with zero attached hydrogens (tertiary/aromatic N) is 3. The predicted molar refractivity (Wildman–Crippen MR) is 70.6 cm³/mol. The van der Waals surface area contributed by atoms with Crippen LogP contribution in [-0.4, -0.2) is 16.4 Å². The molecule has 1 atom stereocenters. The van der Waals surface area contributed by atoms with Gasteiger partial charge < -0.3 is 4.74 Å². The number of aromatic nitrogens is 2. The highest BCUT2D eigenvalue weighted by atomic mass is 16.5. The van der Waals surface area contributed by atoms with Crippen LogP contribution in [0.4, 0.5) is 0 Å². The van der Waals surface area contributed by atoms with E-state index in [-0.39, 0.29) is 0 Å². The van der Waals surface area contributed by atoms with Gasteiger partial charge in [0.15, 0.2) is 0 Å². The molecule has 1 aliphatic heterocycles. The van der Waals surface area contributed by atoms with Crippen molar-refractivity contribution < 1.29 is 4.74 Å². The molecule has 1 unspecified atom stereocenters. The number of para-hydroxylation sites is 1. The zero-order chi connectivity index (χ0) is 13.3. The van der Waals surface area contributed by atoms with Crippen molar-refractivity contribution in [2.45, 2.75) is 12.8 Å². The number of benzene rings is 1. The Bertz CT molecular complexity index is 641. The molecule has 0 N–H and O–H groups in total. The van der Waals surface area contributed by atoms with Crippen molar-refractivity contribution in [3.63, 3.8) is 0 Å². The minimum Gasteiger partial charge on any atom is -0.492 e. The summed E-state index contributed by atoms with van der Waals surface area (Å²) in [6.45, 7) is 0.440. The maximum atomic E-state index is 9.58. The number of hydrogen-bond donors (Lipinski definition) is 0. The number of nitriles is 1. The summed E-state index contributed by atoms with van der Waals surface area (Å²) in [5.74, 6) is 0.902. The molecule has 2 heterocycles. The lowest BCUT2D eigenvalue weighted by atomic mass is 9.77. The highest BCUT2D eigenvalue weighted by Gasteiger charge is 2.36. The molecule has 4 nitrogen and oxygen atoms in total. The van der Waals surface area contributed by atoms with Crippen LogP contribution in [0.3, 0.4) is 0 Å². The van der Waals surface area contributed by atoms with Crippen LogP contribution in [0.2, 0.25) is 0 Å². The van der Waals surface area contributed by atoms with Crippen molar-refractivity contribution in [3.05, 3.63) is 47.8 Å². The molecule has 0 aliphatic carbocycles. The van der Waals surface area contributed by atoms with E-state index in [4.69, 9.17) is 4.74 Å². The van der Waals surface area contributed by atoms with E-state index in [0.717, 1.165) is 23.3 Å². The van der Waals surface area contributed by atoms with Crippen molar-refractivity contribution >= 4 is 0 Å². The van der Waals surface area contributed by atoms with Gasteiger partial charge >= 0.3 is 0 Å². The Labute approximate surface area is 112 Å². The standard InChI is InChI=1S/C15H15N3O/c1-18-9-12(8-17-18)6-15(10-16)7-13-4-2-3-5-14(13)19-11-15/h2-5,8-9H,6-7,11H2,1H3. The van der Waals surface area contributed by atoms with Crippen LogP contribution in [-0.2, 0) is 19.9 Å². The smallest absolute Gasteiger partial charge is 0.122 e. The first-order chi connectivity index (χ1) is 9.21. The van der Waals surface area contributed by atoms with Gasteiger partial charge in [-0.05, 0) is 30.0 Å². The van der Waals surface area contributed by atoms with E-state index >= 15 is 0 Å². The van der Waals surface area contributed by atoms with E-state index < -0.39 is 5.41 Å². The minimum atomic E-state index is -0.489. The third kappa shape index (κ3) is 2.19. The number of fused-ring (bicyclic) bond motifs is 1. The SMILES string of the molecule is Cn1cc(CC2(C#N)COc3ccccc3C2)cn1. The highest BCUT2D eigenvalue weighted by Crippen LogP contribution is 2.36. The Balaban J connectivity index is 1.88. The van der Waals surface area contributed by atoms with Gasteiger partial charge in [0.2, 0.25) is 0 Å². The lowest BCUT2D eigenvalue weighted by Gasteiger charge is -2.32.